The van der Waals surface area contributed by atoms with Crippen LogP contribution >= 0.6 is 7.87 Å². The van der Waals surface area contributed by atoms with Crippen LogP contribution in [0.15, 0.2) is 0 Å². The Hall–Kier alpha value is 0.750. The Morgan fingerprint density at radius 1 is 0.714 bits per heavy atom. The highest BCUT2D eigenvalue weighted by Crippen LogP contribution is 2.71. The van der Waals surface area contributed by atoms with Gasteiger partial charge in [-0.1, -0.05) is 0 Å². The lowest BCUT2D eigenvalue weighted by Crippen LogP contribution is -3.00. The summed E-state index contributed by atoms with van der Waals surface area (Å²) in [6.45, 7) is 11.5. The minimum absolute atomic E-state index is 0. The van der Waals surface area contributed by atoms with Gasteiger partial charge < -0.3 is 17.0 Å². The van der Waals surface area contributed by atoms with Crippen molar-refractivity contribution in [2.45, 2.75) is 45.4 Å². The number of nitrogens with zero attached hydrogens (tertiary/aromatic N) is 4. The molecule has 0 N–H and O–H groups in total. The summed E-state index contributed by atoms with van der Waals surface area (Å²) >= 11 is 0. The predicted octanol–water partition coefficient (Wildman–Crippen LogP) is -0.0929. The molecule has 3 heterocycles. The summed E-state index contributed by atoms with van der Waals surface area (Å²) in [5, 5.41) is 0. The van der Waals surface area contributed by atoms with Gasteiger partial charge in [-0.05, 0) is 45.4 Å². The Labute approximate surface area is 142 Å². The van der Waals surface area contributed by atoms with E-state index in [-0.39, 0.29) is 17.0 Å². The molecule has 0 spiro atoms. The molecule has 3 aliphatic rings. The molecular weight excluding hydrogens is 347 g/mol. The van der Waals surface area contributed by atoms with Crippen molar-refractivity contribution in [3.63, 3.8) is 0 Å². The average Bonchev–Trinajstić information content (AvgIpc) is 3.23. The molecule has 0 unspecified atom stereocenters. The molecule has 3 aliphatic heterocycles. The Morgan fingerprint density at radius 2 is 1.00 bits per heavy atom. The summed E-state index contributed by atoms with van der Waals surface area (Å²) in [6.07, 6.45) is 8.42. The van der Waals surface area contributed by atoms with Crippen LogP contribution in [0.1, 0.15) is 45.4 Å². The van der Waals surface area contributed by atoms with Gasteiger partial charge in [0.2, 0.25) is 0 Å². The van der Waals surface area contributed by atoms with E-state index in [0.717, 1.165) is 0 Å². The lowest BCUT2D eigenvalue weighted by Gasteiger charge is -2.47. The van der Waals surface area contributed by atoms with E-state index in [1.165, 1.54) is 84.3 Å². The van der Waals surface area contributed by atoms with E-state index in [1.54, 1.807) is 0 Å². The van der Waals surface area contributed by atoms with Crippen LogP contribution < -0.4 is 17.0 Å². The van der Waals surface area contributed by atoms with Gasteiger partial charge in [0.1, 0.15) is 0 Å². The van der Waals surface area contributed by atoms with E-state index in [0.29, 0.717) is 0 Å². The minimum Gasteiger partial charge on any atom is -1.00 e. The topological polar surface area (TPSA) is 13.0 Å². The first-order valence-electron chi connectivity index (χ1n) is 8.67. The summed E-state index contributed by atoms with van der Waals surface area (Å²) in [5.41, 5.74) is 0. The van der Waals surface area contributed by atoms with Gasteiger partial charge in [0.15, 0.2) is 0 Å². The zero-order valence-corrected chi connectivity index (χ0v) is 16.3. The van der Waals surface area contributed by atoms with Gasteiger partial charge in [-0.15, -0.1) is 18.7 Å². The number of hydrogen-bond donors (Lipinski definition) is 0. The van der Waals surface area contributed by atoms with Gasteiger partial charge in [-0.3, -0.25) is 0 Å². The molecule has 0 aromatic heterocycles. The Morgan fingerprint density at radius 3 is 1.24 bits per heavy atom. The van der Waals surface area contributed by atoms with Crippen LogP contribution in [-0.4, -0.2) is 71.5 Å². The molecule has 3 fully saturated rings. The molecule has 3 rings (SSSR count). The highest BCUT2D eigenvalue weighted by molar-refractivity contribution is 7.66. The third kappa shape index (κ3) is 3.20. The van der Waals surface area contributed by atoms with Crippen LogP contribution in [0.3, 0.4) is 0 Å². The molecule has 0 aromatic carbocycles. The Balaban J connectivity index is 0.00000161. The average molecular weight is 379 g/mol. The number of hydrogen-bond acceptors (Lipinski definition) is 4. The molecule has 0 bridgehead atoms. The van der Waals surface area contributed by atoms with Gasteiger partial charge in [0.05, 0.1) is 0 Å². The monoisotopic (exact) mass is 378 g/mol. The molecule has 3 saturated heterocycles. The van der Waals surface area contributed by atoms with Gasteiger partial charge in [-0.2, -0.15) is 0 Å². The molecule has 6 heteroatoms. The summed E-state index contributed by atoms with van der Waals surface area (Å²) in [6, 6.07) is 0. The first-order valence-corrected chi connectivity index (χ1v) is 10.3. The van der Waals surface area contributed by atoms with Crippen molar-refractivity contribution in [3.8, 4) is 0 Å². The molecule has 0 amide bonds. The molecule has 0 atom stereocenters. The van der Waals surface area contributed by atoms with Crippen molar-refractivity contribution >= 4 is 7.87 Å². The fourth-order valence-corrected chi connectivity index (χ4v) is 9.49. The van der Waals surface area contributed by atoms with Crippen molar-refractivity contribution in [1.29, 1.82) is 0 Å². The van der Waals surface area contributed by atoms with Crippen molar-refractivity contribution in [2.75, 3.05) is 52.9 Å². The third-order valence-electron chi connectivity index (χ3n) is 5.30. The number of halogens is 1. The fraction of sp³-hybridized carbons (Fsp3) is 1.00. The van der Waals surface area contributed by atoms with Crippen LogP contribution in [0.4, 0.5) is 0 Å². The highest BCUT2D eigenvalue weighted by Gasteiger charge is 2.61. The van der Waals surface area contributed by atoms with Gasteiger partial charge in [0.25, 0.3) is 0 Å². The van der Waals surface area contributed by atoms with Crippen LogP contribution in [0.5, 0.6) is 0 Å². The molecule has 0 saturated carbocycles. The molecule has 124 valence electrons. The van der Waals surface area contributed by atoms with Crippen LogP contribution in [-0.2, 0) is 0 Å². The molecular formula is C15H32BrN4P. The van der Waals surface area contributed by atoms with E-state index in [9.17, 15) is 0 Å². The van der Waals surface area contributed by atoms with Crippen LogP contribution in [0.25, 0.3) is 0 Å². The second kappa shape index (κ2) is 8.03. The van der Waals surface area contributed by atoms with E-state index in [2.05, 4.69) is 32.7 Å². The smallest absolute Gasteiger partial charge is 0.308 e. The van der Waals surface area contributed by atoms with Crippen LogP contribution in [0.2, 0.25) is 0 Å². The lowest BCUT2D eigenvalue weighted by molar-refractivity contribution is -0.00000462. The SMILES string of the molecule is CCN(C)[P+](N1CCCC1)(N1CCCC1)N1CCCC1.[Br-]. The van der Waals surface area contributed by atoms with Gasteiger partial charge in [-0.25, -0.2) is 0 Å². The molecule has 0 aliphatic carbocycles. The number of rotatable bonds is 5. The Bertz CT molecular complexity index is 272. The van der Waals surface area contributed by atoms with Crippen molar-refractivity contribution in [3.05, 3.63) is 0 Å². The quantitative estimate of drug-likeness (QED) is 0.619. The maximum Gasteiger partial charge on any atom is 0.308 e. The first-order chi connectivity index (χ1) is 9.80. The largest absolute Gasteiger partial charge is 1.00 e. The maximum atomic E-state index is 2.90. The maximum absolute atomic E-state index is 2.90. The van der Waals surface area contributed by atoms with E-state index in [1.807, 2.05) is 0 Å². The zero-order chi connectivity index (χ0) is 14.0. The van der Waals surface area contributed by atoms with E-state index in [4.69, 9.17) is 0 Å². The summed E-state index contributed by atoms with van der Waals surface area (Å²) in [7, 11) is 0.995. The minimum atomic E-state index is -1.40. The molecule has 4 nitrogen and oxygen atoms in total. The standard InChI is InChI=1S/C15H32N4P.BrH/c1-3-16(2)20(17-10-4-5-11-17,18-12-6-7-13-18)19-14-8-9-15-19;/h3-15H2,1-2H3;1H/q+1;/p-1. The Kier molecular flexibility index (Phi) is 6.92. The second-order valence-electron chi connectivity index (χ2n) is 6.49. The second-order valence-corrected chi connectivity index (χ2v) is 9.95. The van der Waals surface area contributed by atoms with Crippen molar-refractivity contribution in [1.82, 2.24) is 18.7 Å². The normalized spacial score (nSPS) is 25.9. The summed E-state index contributed by atoms with van der Waals surface area (Å²) in [4.78, 5) is 0. The first kappa shape index (κ1) is 18.1. The summed E-state index contributed by atoms with van der Waals surface area (Å²) in [5.74, 6) is 0. The highest BCUT2D eigenvalue weighted by atomic mass is 79.9. The van der Waals surface area contributed by atoms with Gasteiger partial charge in [0, 0.05) is 52.9 Å². The summed E-state index contributed by atoms with van der Waals surface area (Å²) < 4.78 is 11.4. The van der Waals surface area contributed by atoms with Crippen molar-refractivity contribution in [2.24, 2.45) is 0 Å². The fourth-order valence-electron chi connectivity index (χ4n) is 4.28. The third-order valence-corrected chi connectivity index (χ3v) is 9.98. The molecule has 21 heavy (non-hydrogen) atoms. The molecule has 0 radical (unpaired) electrons. The molecule has 0 aromatic rings. The zero-order valence-electron chi connectivity index (χ0n) is 13.8. The van der Waals surface area contributed by atoms with Gasteiger partial charge >= 0.3 is 7.87 Å². The lowest BCUT2D eigenvalue weighted by atomic mass is 10.4. The van der Waals surface area contributed by atoms with Crippen LogP contribution in [0, 0.1) is 0 Å². The van der Waals surface area contributed by atoms with E-state index >= 15 is 0 Å². The van der Waals surface area contributed by atoms with E-state index < -0.39 is 7.87 Å². The predicted molar refractivity (Wildman–Crippen MR) is 87.6 cm³/mol. The van der Waals surface area contributed by atoms with Crippen molar-refractivity contribution < 1.29 is 17.0 Å².